The molecular weight excluding hydrogens is 342 g/mol. The van der Waals surface area contributed by atoms with Crippen LogP contribution in [0, 0.1) is 29.1 Å². The van der Waals surface area contributed by atoms with Crippen LogP contribution in [0.5, 0.6) is 0 Å². The van der Waals surface area contributed by atoms with Crippen LogP contribution in [-0.4, -0.2) is 5.78 Å². The summed E-state index contributed by atoms with van der Waals surface area (Å²) in [6, 6.07) is 20.0. The van der Waals surface area contributed by atoms with E-state index in [0.29, 0.717) is 23.3 Å². The van der Waals surface area contributed by atoms with Gasteiger partial charge >= 0.3 is 0 Å². The third kappa shape index (κ3) is 3.10. The Labute approximate surface area is 167 Å². The summed E-state index contributed by atoms with van der Waals surface area (Å²) in [6.07, 6.45) is 4.53. The van der Waals surface area contributed by atoms with Gasteiger partial charge in [0.1, 0.15) is 0 Å². The number of benzene rings is 2. The van der Waals surface area contributed by atoms with Gasteiger partial charge in [0.25, 0.3) is 0 Å². The van der Waals surface area contributed by atoms with Crippen molar-refractivity contribution in [3.63, 3.8) is 0 Å². The Morgan fingerprint density at radius 1 is 0.929 bits per heavy atom. The molecule has 2 heteroatoms. The maximum atomic E-state index is 13.3. The van der Waals surface area contributed by atoms with Gasteiger partial charge in [-0.25, -0.2) is 0 Å². The smallest absolute Gasteiger partial charge is 0.166 e. The second-order valence-electron chi connectivity index (χ2n) is 8.12. The van der Waals surface area contributed by atoms with Gasteiger partial charge in [-0.3, -0.25) is 4.79 Å². The minimum Gasteiger partial charge on any atom is -0.294 e. The predicted octanol–water partition coefficient (Wildman–Crippen LogP) is 6.30. The Hall–Kier alpha value is -2.66. The van der Waals surface area contributed by atoms with Crippen LogP contribution in [0.15, 0.2) is 65.7 Å². The molecular formula is C26H27NO. The average molecular weight is 370 g/mol. The summed E-state index contributed by atoms with van der Waals surface area (Å²) in [5, 5.41) is 9.01. The van der Waals surface area contributed by atoms with Crippen molar-refractivity contribution in [1.29, 1.82) is 5.26 Å². The Morgan fingerprint density at radius 3 is 2.18 bits per heavy atom. The molecule has 0 aromatic heterocycles. The van der Waals surface area contributed by atoms with E-state index in [2.05, 4.69) is 50.2 Å². The van der Waals surface area contributed by atoms with Crippen LogP contribution < -0.4 is 0 Å². The van der Waals surface area contributed by atoms with Gasteiger partial charge < -0.3 is 0 Å². The van der Waals surface area contributed by atoms with Crippen molar-refractivity contribution in [2.45, 2.75) is 45.4 Å². The number of allylic oxidation sites excluding steroid dienone is 2. The number of nitrogens with zero attached hydrogens (tertiary/aromatic N) is 1. The van der Waals surface area contributed by atoms with Crippen molar-refractivity contribution in [2.75, 3.05) is 0 Å². The standard InChI is InChI=1S/C26H27NO/c1-3-8-20-21(9-4-2)23-24(22(20)18-10-6-5-7-11-18)25(23)26(28)19-14-12-17(16-27)13-15-19/h5-7,10-15,22-25H,3-4,8-9H2,1-2H3/t22-,23+,24-,25-/m1/s1. The van der Waals surface area contributed by atoms with Crippen LogP contribution in [0.4, 0.5) is 0 Å². The van der Waals surface area contributed by atoms with E-state index in [4.69, 9.17) is 5.26 Å². The van der Waals surface area contributed by atoms with Crippen LogP contribution in [-0.2, 0) is 0 Å². The maximum Gasteiger partial charge on any atom is 0.166 e. The lowest BCUT2D eigenvalue weighted by Gasteiger charge is -2.22. The highest BCUT2D eigenvalue weighted by atomic mass is 16.1. The van der Waals surface area contributed by atoms with Crippen LogP contribution in [0.1, 0.15) is 66.9 Å². The first kappa shape index (κ1) is 18.7. The molecule has 0 bridgehead atoms. The first-order chi connectivity index (χ1) is 13.7. The highest BCUT2D eigenvalue weighted by molar-refractivity contribution is 6.01. The molecule has 1 saturated carbocycles. The molecule has 4 rings (SSSR count). The number of carbonyl (C=O) groups excluding carboxylic acids is 1. The summed E-state index contributed by atoms with van der Waals surface area (Å²) >= 11 is 0. The van der Waals surface area contributed by atoms with Crippen molar-refractivity contribution >= 4 is 5.78 Å². The molecule has 0 heterocycles. The van der Waals surface area contributed by atoms with Crippen LogP contribution in [0.2, 0.25) is 0 Å². The van der Waals surface area contributed by atoms with E-state index in [1.165, 1.54) is 5.56 Å². The molecule has 142 valence electrons. The van der Waals surface area contributed by atoms with E-state index in [9.17, 15) is 4.79 Å². The lowest BCUT2D eigenvalue weighted by molar-refractivity contribution is 0.0955. The number of Topliss-reactive ketones (excluding diaryl/α,β-unsaturated/α-hetero) is 1. The number of ketones is 1. The Bertz CT molecular complexity index is 933. The van der Waals surface area contributed by atoms with E-state index < -0.39 is 0 Å². The maximum absolute atomic E-state index is 13.3. The molecule has 2 aliphatic rings. The van der Waals surface area contributed by atoms with Crippen LogP contribution >= 0.6 is 0 Å². The molecule has 0 radical (unpaired) electrons. The minimum atomic E-state index is 0.0975. The van der Waals surface area contributed by atoms with Gasteiger partial charge in [-0.2, -0.15) is 5.26 Å². The summed E-state index contributed by atoms with van der Waals surface area (Å²) < 4.78 is 0. The van der Waals surface area contributed by atoms with Gasteiger partial charge in [0.05, 0.1) is 11.6 Å². The Kier molecular flexibility index (Phi) is 5.18. The number of fused-ring (bicyclic) bond motifs is 1. The lowest BCUT2D eigenvalue weighted by atomic mass is 9.82. The molecule has 2 aromatic carbocycles. The van der Waals surface area contributed by atoms with E-state index in [0.717, 1.165) is 31.2 Å². The molecule has 0 unspecified atom stereocenters. The topological polar surface area (TPSA) is 40.9 Å². The molecule has 0 spiro atoms. The van der Waals surface area contributed by atoms with Crippen molar-refractivity contribution in [3.05, 3.63) is 82.4 Å². The fourth-order valence-corrected chi connectivity index (χ4v) is 5.35. The van der Waals surface area contributed by atoms with Crippen molar-refractivity contribution in [3.8, 4) is 6.07 Å². The van der Waals surface area contributed by atoms with Crippen LogP contribution in [0.3, 0.4) is 0 Å². The molecule has 4 atom stereocenters. The number of nitriles is 1. The molecule has 0 aliphatic heterocycles. The minimum absolute atomic E-state index is 0.0975. The molecule has 0 N–H and O–H groups in total. The van der Waals surface area contributed by atoms with Gasteiger partial charge in [-0.1, -0.05) is 80.3 Å². The predicted molar refractivity (Wildman–Crippen MR) is 112 cm³/mol. The van der Waals surface area contributed by atoms with Crippen molar-refractivity contribution < 1.29 is 4.79 Å². The SMILES string of the molecule is CCCC1=C(CCC)[C@@H](c2ccccc2)[C@H]2[C@H](C(=O)c3ccc(C#N)cc3)[C@@H]12. The molecule has 28 heavy (non-hydrogen) atoms. The monoisotopic (exact) mass is 369 g/mol. The summed E-state index contributed by atoms with van der Waals surface area (Å²) in [7, 11) is 0. The first-order valence-corrected chi connectivity index (χ1v) is 10.5. The molecule has 2 aliphatic carbocycles. The normalized spacial score (nSPS) is 25.3. The molecule has 2 nitrogen and oxygen atoms in total. The first-order valence-electron chi connectivity index (χ1n) is 10.5. The van der Waals surface area contributed by atoms with Crippen molar-refractivity contribution in [1.82, 2.24) is 0 Å². The zero-order valence-electron chi connectivity index (χ0n) is 16.7. The highest BCUT2D eigenvalue weighted by Crippen LogP contribution is 2.68. The van der Waals surface area contributed by atoms with Gasteiger partial charge in [-0.05, 0) is 42.4 Å². The fourth-order valence-electron chi connectivity index (χ4n) is 5.35. The number of hydrogen-bond acceptors (Lipinski definition) is 2. The molecule has 1 fully saturated rings. The zero-order valence-corrected chi connectivity index (χ0v) is 16.7. The van der Waals surface area contributed by atoms with E-state index in [-0.39, 0.29) is 11.7 Å². The molecule has 2 aromatic rings. The van der Waals surface area contributed by atoms with E-state index in [1.54, 1.807) is 23.3 Å². The zero-order chi connectivity index (χ0) is 19.7. The van der Waals surface area contributed by atoms with Gasteiger partial charge in [0.15, 0.2) is 5.78 Å². The number of carbonyl (C=O) groups is 1. The summed E-state index contributed by atoms with van der Waals surface area (Å²) in [6.45, 7) is 4.49. The quantitative estimate of drug-likeness (QED) is 0.424. The molecule has 0 saturated heterocycles. The largest absolute Gasteiger partial charge is 0.294 e. The van der Waals surface area contributed by atoms with Gasteiger partial charge in [-0.15, -0.1) is 0 Å². The number of rotatable bonds is 7. The van der Waals surface area contributed by atoms with E-state index in [1.807, 2.05) is 12.1 Å². The van der Waals surface area contributed by atoms with Crippen molar-refractivity contribution in [2.24, 2.45) is 17.8 Å². The number of hydrogen-bond donors (Lipinski definition) is 0. The van der Waals surface area contributed by atoms with Gasteiger partial charge in [0.2, 0.25) is 0 Å². The second kappa shape index (κ2) is 7.76. The Morgan fingerprint density at radius 2 is 1.57 bits per heavy atom. The van der Waals surface area contributed by atoms with Crippen LogP contribution in [0.25, 0.3) is 0 Å². The third-order valence-corrected chi connectivity index (χ3v) is 6.45. The molecule has 0 amide bonds. The lowest BCUT2D eigenvalue weighted by Crippen LogP contribution is -2.13. The highest BCUT2D eigenvalue weighted by Gasteiger charge is 2.63. The average Bonchev–Trinajstić information content (AvgIpc) is 3.38. The van der Waals surface area contributed by atoms with E-state index >= 15 is 0 Å². The second-order valence-corrected chi connectivity index (χ2v) is 8.12. The fraction of sp³-hybridized carbons (Fsp3) is 0.385. The third-order valence-electron chi connectivity index (χ3n) is 6.45. The van der Waals surface area contributed by atoms with Gasteiger partial charge in [0, 0.05) is 17.4 Å². The summed E-state index contributed by atoms with van der Waals surface area (Å²) in [4.78, 5) is 13.3. The summed E-state index contributed by atoms with van der Waals surface area (Å²) in [5.74, 6) is 1.56. The Balaban J connectivity index is 1.69. The summed E-state index contributed by atoms with van der Waals surface area (Å²) in [5.41, 5.74) is 5.89.